The van der Waals surface area contributed by atoms with Gasteiger partial charge in [0.1, 0.15) is 11.8 Å². The first-order chi connectivity index (χ1) is 14.7. The molecule has 5 nitrogen and oxygen atoms in total. The zero-order valence-corrected chi connectivity index (χ0v) is 21.1. The van der Waals surface area contributed by atoms with E-state index in [1.54, 1.807) is 25.2 Å². The van der Waals surface area contributed by atoms with E-state index in [4.69, 9.17) is 27.9 Å². The summed E-state index contributed by atoms with van der Waals surface area (Å²) in [5.74, 6) is 0.329. The number of nitrogens with one attached hydrogen (secondary N) is 1. The predicted molar refractivity (Wildman–Crippen MR) is 129 cm³/mol. The van der Waals surface area contributed by atoms with Crippen molar-refractivity contribution in [3.05, 3.63) is 62.0 Å². The van der Waals surface area contributed by atoms with Crippen LogP contribution < -0.4 is 10.1 Å². The molecule has 0 spiro atoms. The SMILES string of the molecule is CC[C@H](C(=O)NC)N(Cc1c(Cl)cccc1Cl)C(=O)COc1ccc(C(C)C)cc1Br. The van der Waals surface area contributed by atoms with Gasteiger partial charge < -0.3 is 15.0 Å². The zero-order valence-electron chi connectivity index (χ0n) is 18.0. The molecule has 2 aromatic carbocycles. The minimum atomic E-state index is -0.680. The van der Waals surface area contributed by atoms with Crippen LogP contribution in [0.5, 0.6) is 5.75 Å². The molecule has 0 aliphatic rings. The summed E-state index contributed by atoms with van der Waals surface area (Å²) in [7, 11) is 1.54. The van der Waals surface area contributed by atoms with Crippen molar-refractivity contribution in [2.45, 2.75) is 45.7 Å². The second-order valence-corrected chi connectivity index (χ2v) is 9.06. The third-order valence-corrected chi connectivity index (χ3v) is 6.32. The molecule has 1 atom stereocenters. The van der Waals surface area contributed by atoms with Crippen LogP contribution in [0.3, 0.4) is 0 Å². The number of ether oxygens (including phenoxy) is 1. The van der Waals surface area contributed by atoms with E-state index < -0.39 is 6.04 Å². The average molecular weight is 530 g/mol. The summed E-state index contributed by atoms with van der Waals surface area (Å²) >= 11 is 16.1. The molecule has 0 unspecified atom stereocenters. The summed E-state index contributed by atoms with van der Waals surface area (Å²) in [5.41, 5.74) is 1.75. The summed E-state index contributed by atoms with van der Waals surface area (Å²) < 4.78 is 6.55. The molecule has 0 aliphatic carbocycles. The van der Waals surface area contributed by atoms with Gasteiger partial charge in [-0.15, -0.1) is 0 Å². The van der Waals surface area contributed by atoms with Gasteiger partial charge in [0.05, 0.1) is 4.47 Å². The van der Waals surface area contributed by atoms with Crippen molar-refractivity contribution in [1.29, 1.82) is 0 Å². The maximum Gasteiger partial charge on any atom is 0.261 e. The highest BCUT2D eigenvalue weighted by Gasteiger charge is 2.29. The molecule has 0 heterocycles. The molecule has 0 saturated heterocycles. The molecule has 0 aromatic heterocycles. The minimum absolute atomic E-state index is 0.0973. The lowest BCUT2D eigenvalue weighted by Gasteiger charge is -2.30. The Morgan fingerprint density at radius 3 is 2.32 bits per heavy atom. The van der Waals surface area contributed by atoms with E-state index in [9.17, 15) is 9.59 Å². The van der Waals surface area contributed by atoms with E-state index in [2.05, 4.69) is 35.1 Å². The standard InChI is InChI=1S/C23H27BrCl2N2O3/c1-5-20(23(30)27-4)28(12-16-18(25)7-6-8-19(16)26)22(29)13-31-21-10-9-15(14(2)3)11-17(21)24/h6-11,14,20H,5,12-13H2,1-4H3,(H,27,30)/t20-/m1/s1. The second-order valence-electron chi connectivity index (χ2n) is 7.39. The molecule has 0 fully saturated rings. The van der Waals surface area contributed by atoms with E-state index in [1.807, 2.05) is 25.1 Å². The molecule has 2 amide bonds. The quantitative estimate of drug-likeness (QED) is 0.445. The Morgan fingerprint density at radius 1 is 1.16 bits per heavy atom. The maximum absolute atomic E-state index is 13.2. The molecular weight excluding hydrogens is 503 g/mol. The Morgan fingerprint density at radius 2 is 1.81 bits per heavy atom. The van der Waals surface area contributed by atoms with Crippen LogP contribution in [0.4, 0.5) is 0 Å². The third-order valence-electron chi connectivity index (χ3n) is 5.00. The number of rotatable bonds is 9. The van der Waals surface area contributed by atoms with Crippen LogP contribution in [0.25, 0.3) is 0 Å². The Labute approximate surface area is 202 Å². The highest BCUT2D eigenvalue weighted by Crippen LogP contribution is 2.30. The monoisotopic (exact) mass is 528 g/mol. The number of hydrogen-bond donors (Lipinski definition) is 1. The van der Waals surface area contributed by atoms with Gasteiger partial charge >= 0.3 is 0 Å². The molecule has 168 valence electrons. The molecule has 0 radical (unpaired) electrons. The second kappa shape index (κ2) is 11.7. The Balaban J connectivity index is 2.26. The van der Waals surface area contributed by atoms with Crippen LogP contribution in [0.2, 0.25) is 10.0 Å². The Hall–Kier alpha value is -1.76. The number of likely N-dealkylation sites (N-methyl/N-ethyl adjacent to an activating group) is 1. The maximum atomic E-state index is 13.2. The first-order valence-electron chi connectivity index (χ1n) is 10.1. The first kappa shape index (κ1) is 25.5. The number of benzene rings is 2. The van der Waals surface area contributed by atoms with Crippen molar-refractivity contribution >= 4 is 50.9 Å². The number of carbonyl (C=O) groups excluding carboxylic acids is 2. The molecule has 8 heteroatoms. The van der Waals surface area contributed by atoms with Crippen molar-refractivity contribution in [2.75, 3.05) is 13.7 Å². The van der Waals surface area contributed by atoms with Gasteiger partial charge in [-0.25, -0.2) is 0 Å². The van der Waals surface area contributed by atoms with E-state index in [0.717, 1.165) is 10.0 Å². The van der Waals surface area contributed by atoms with E-state index in [0.29, 0.717) is 33.7 Å². The van der Waals surface area contributed by atoms with Crippen molar-refractivity contribution in [3.63, 3.8) is 0 Å². The fourth-order valence-corrected chi connectivity index (χ4v) is 4.18. The van der Waals surface area contributed by atoms with Crippen LogP contribution in [0.1, 0.15) is 44.2 Å². The molecule has 2 aromatic rings. The number of amides is 2. The Kier molecular flexibility index (Phi) is 9.66. The van der Waals surface area contributed by atoms with Crippen molar-refractivity contribution in [3.8, 4) is 5.75 Å². The fourth-order valence-electron chi connectivity index (χ4n) is 3.16. The zero-order chi connectivity index (χ0) is 23.1. The van der Waals surface area contributed by atoms with Gasteiger partial charge in [0.15, 0.2) is 6.61 Å². The summed E-state index contributed by atoms with van der Waals surface area (Å²) in [6, 6.07) is 10.2. The molecule has 2 rings (SSSR count). The summed E-state index contributed by atoms with van der Waals surface area (Å²) in [5, 5.41) is 3.49. The van der Waals surface area contributed by atoms with E-state index in [1.165, 1.54) is 4.90 Å². The normalized spacial score (nSPS) is 11.9. The van der Waals surface area contributed by atoms with Gasteiger partial charge in [0, 0.05) is 29.2 Å². The van der Waals surface area contributed by atoms with Crippen LogP contribution >= 0.6 is 39.1 Å². The van der Waals surface area contributed by atoms with Crippen molar-refractivity contribution < 1.29 is 14.3 Å². The van der Waals surface area contributed by atoms with Crippen LogP contribution in [-0.2, 0) is 16.1 Å². The van der Waals surface area contributed by atoms with E-state index in [-0.39, 0.29) is 25.0 Å². The molecule has 31 heavy (non-hydrogen) atoms. The van der Waals surface area contributed by atoms with Crippen LogP contribution in [-0.4, -0.2) is 36.4 Å². The van der Waals surface area contributed by atoms with Crippen molar-refractivity contribution in [2.24, 2.45) is 0 Å². The molecule has 0 aliphatic heterocycles. The number of hydrogen-bond acceptors (Lipinski definition) is 3. The average Bonchev–Trinajstić information content (AvgIpc) is 2.74. The first-order valence-corrected chi connectivity index (χ1v) is 11.6. The number of halogens is 3. The van der Waals surface area contributed by atoms with Crippen molar-refractivity contribution in [1.82, 2.24) is 10.2 Å². The van der Waals surface area contributed by atoms with Gasteiger partial charge in [0.2, 0.25) is 5.91 Å². The lowest BCUT2D eigenvalue weighted by atomic mass is 10.0. The predicted octanol–water partition coefficient (Wildman–Crippen LogP) is 5.81. The highest BCUT2D eigenvalue weighted by molar-refractivity contribution is 9.10. The van der Waals surface area contributed by atoms with Gasteiger partial charge in [-0.3, -0.25) is 9.59 Å². The molecular formula is C23H27BrCl2N2O3. The minimum Gasteiger partial charge on any atom is -0.483 e. The molecule has 1 N–H and O–H groups in total. The molecule has 0 saturated carbocycles. The lowest BCUT2D eigenvalue weighted by molar-refractivity contribution is -0.142. The smallest absolute Gasteiger partial charge is 0.261 e. The number of carbonyl (C=O) groups is 2. The fraction of sp³-hybridized carbons (Fsp3) is 0.391. The topological polar surface area (TPSA) is 58.6 Å². The summed E-state index contributed by atoms with van der Waals surface area (Å²) in [6.07, 6.45) is 0.431. The van der Waals surface area contributed by atoms with Crippen LogP contribution in [0.15, 0.2) is 40.9 Å². The van der Waals surface area contributed by atoms with Gasteiger partial charge in [-0.1, -0.05) is 56.1 Å². The van der Waals surface area contributed by atoms with Crippen LogP contribution in [0, 0.1) is 0 Å². The number of nitrogens with zero attached hydrogens (tertiary/aromatic N) is 1. The Bertz CT molecular complexity index is 917. The van der Waals surface area contributed by atoms with Gasteiger partial charge in [-0.2, -0.15) is 0 Å². The third kappa shape index (κ3) is 6.61. The van der Waals surface area contributed by atoms with Gasteiger partial charge in [0.25, 0.3) is 5.91 Å². The lowest BCUT2D eigenvalue weighted by Crippen LogP contribution is -2.49. The highest BCUT2D eigenvalue weighted by atomic mass is 79.9. The molecule has 0 bridgehead atoms. The largest absolute Gasteiger partial charge is 0.483 e. The summed E-state index contributed by atoms with van der Waals surface area (Å²) in [4.78, 5) is 27.1. The summed E-state index contributed by atoms with van der Waals surface area (Å²) in [6.45, 7) is 5.92. The van der Waals surface area contributed by atoms with Gasteiger partial charge in [-0.05, 0) is 58.1 Å². The van der Waals surface area contributed by atoms with E-state index >= 15 is 0 Å².